The van der Waals surface area contributed by atoms with Crippen LogP contribution >= 0.6 is 11.3 Å². The molecule has 2 aromatic rings. The van der Waals surface area contributed by atoms with Gasteiger partial charge in [-0.2, -0.15) is 0 Å². The number of rotatable bonds is 8. The Labute approximate surface area is 165 Å². The van der Waals surface area contributed by atoms with E-state index in [2.05, 4.69) is 24.5 Å². The van der Waals surface area contributed by atoms with Gasteiger partial charge in [-0.3, -0.25) is 0 Å². The Kier molecular flexibility index (Phi) is 7.41. The minimum absolute atomic E-state index is 0.0702. The number of nitrogens with one attached hydrogen (secondary N) is 2. The predicted molar refractivity (Wildman–Crippen MR) is 109 cm³/mol. The van der Waals surface area contributed by atoms with E-state index in [-0.39, 0.29) is 22.8 Å². The van der Waals surface area contributed by atoms with Crippen LogP contribution in [0.25, 0.3) is 0 Å². The molecule has 0 fully saturated rings. The molecule has 0 spiro atoms. The van der Waals surface area contributed by atoms with Crippen molar-refractivity contribution in [3.8, 4) is 0 Å². The van der Waals surface area contributed by atoms with Gasteiger partial charge in [0.2, 0.25) is 0 Å². The molecule has 0 unspecified atom stereocenters. The van der Waals surface area contributed by atoms with E-state index in [4.69, 9.17) is 0 Å². The zero-order chi connectivity index (χ0) is 20.0. The van der Waals surface area contributed by atoms with Crippen molar-refractivity contribution in [1.29, 1.82) is 0 Å². The number of carbonyl (C=O) groups excluding carboxylic acids is 1. The highest BCUT2D eigenvalue weighted by Gasteiger charge is 2.20. The van der Waals surface area contributed by atoms with Gasteiger partial charge in [-0.05, 0) is 30.0 Å². The van der Waals surface area contributed by atoms with Crippen LogP contribution in [0.1, 0.15) is 36.8 Å². The number of urea groups is 1. The Balaban J connectivity index is 1.98. The van der Waals surface area contributed by atoms with Gasteiger partial charge in [-0.25, -0.2) is 17.5 Å². The molecule has 0 saturated carbocycles. The highest BCUT2D eigenvalue weighted by atomic mass is 32.2. The van der Waals surface area contributed by atoms with Gasteiger partial charge in [0.15, 0.2) is 0 Å². The Morgan fingerprint density at radius 2 is 1.78 bits per heavy atom. The molecule has 2 N–H and O–H groups in total. The molecule has 2 amide bonds. The lowest BCUT2D eigenvalue weighted by atomic mass is 9.97. The molecule has 148 valence electrons. The van der Waals surface area contributed by atoms with Crippen LogP contribution in [0.5, 0.6) is 0 Å². The highest BCUT2D eigenvalue weighted by Crippen LogP contribution is 2.24. The molecule has 0 aliphatic carbocycles. The number of nitrogens with zero attached hydrogens (tertiary/aromatic N) is 1. The summed E-state index contributed by atoms with van der Waals surface area (Å²) in [5.74, 6) is 0.437. The fraction of sp³-hybridized carbons (Fsp3) is 0.421. The second-order valence-electron chi connectivity index (χ2n) is 6.93. The Morgan fingerprint density at radius 1 is 1.11 bits per heavy atom. The number of hydrogen-bond donors (Lipinski definition) is 2. The zero-order valence-electron chi connectivity index (χ0n) is 16.1. The van der Waals surface area contributed by atoms with Crippen LogP contribution in [0.2, 0.25) is 0 Å². The van der Waals surface area contributed by atoms with Crippen LogP contribution in [0, 0.1) is 5.92 Å². The lowest BCUT2D eigenvalue weighted by molar-refractivity contribution is 0.234. The summed E-state index contributed by atoms with van der Waals surface area (Å²) < 4.78 is 25.7. The van der Waals surface area contributed by atoms with Crippen molar-refractivity contribution in [2.24, 2.45) is 5.92 Å². The van der Waals surface area contributed by atoms with E-state index >= 15 is 0 Å². The summed E-state index contributed by atoms with van der Waals surface area (Å²) in [7, 11) is -0.442. The summed E-state index contributed by atoms with van der Waals surface area (Å²) >= 11 is 1.16. The van der Waals surface area contributed by atoms with Crippen LogP contribution < -0.4 is 10.6 Å². The van der Waals surface area contributed by atoms with Gasteiger partial charge in [0.25, 0.3) is 10.0 Å². The Bertz CT molecular complexity index is 846. The number of benzene rings is 1. The third-order valence-corrected chi connectivity index (χ3v) is 7.38. The minimum atomic E-state index is -3.44. The maximum absolute atomic E-state index is 12.3. The molecule has 0 aliphatic rings. The SMILES string of the molecule is CC(C)C[C@@H](NC(=O)NCc1ccc(S(=O)(=O)N(C)C)s1)c1ccccc1. The smallest absolute Gasteiger partial charge is 0.315 e. The van der Waals surface area contributed by atoms with E-state index in [9.17, 15) is 13.2 Å². The number of carbonyl (C=O) groups is 1. The zero-order valence-corrected chi connectivity index (χ0v) is 17.7. The average molecular weight is 410 g/mol. The number of sulfonamides is 1. The van der Waals surface area contributed by atoms with E-state index in [1.165, 1.54) is 18.4 Å². The van der Waals surface area contributed by atoms with Gasteiger partial charge in [-0.15, -0.1) is 11.3 Å². The number of amides is 2. The molecular formula is C19H27N3O3S2. The third-order valence-electron chi connectivity index (χ3n) is 4.01. The summed E-state index contributed by atoms with van der Waals surface area (Å²) in [6.07, 6.45) is 0.835. The van der Waals surface area contributed by atoms with Crippen LogP contribution in [0.3, 0.4) is 0 Å². The molecule has 0 bridgehead atoms. The molecule has 1 aromatic heterocycles. The van der Waals surface area contributed by atoms with Crippen molar-refractivity contribution in [1.82, 2.24) is 14.9 Å². The van der Waals surface area contributed by atoms with Crippen LogP contribution in [-0.4, -0.2) is 32.8 Å². The molecule has 1 atom stereocenters. The lowest BCUT2D eigenvalue weighted by Crippen LogP contribution is -2.38. The van der Waals surface area contributed by atoms with E-state index < -0.39 is 10.0 Å². The Morgan fingerprint density at radius 3 is 2.37 bits per heavy atom. The maximum atomic E-state index is 12.3. The first-order valence-corrected chi connectivity index (χ1v) is 11.1. The molecule has 2 rings (SSSR count). The topological polar surface area (TPSA) is 78.5 Å². The highest BCUT2D eigenvalue weighted by molar-refractivity contribution is 7.91. The molecule has 0 radical (unpaired) electrons. The second kappa shape index (κ2) is 9.34. The van der Waals surface area contributed by atoms with Gasteiger partial charge in [0.1, 0.15) is 4.21 Å². The fourth-order valence-electron chi connectivity index (χ4n) is 2.58. The molecule has 6 nitrogen and oxygen atoms in total. The molecule has 0 aliphatic heterocycles. The van der Waals surface area contributed by atoms with Crippen LogP contribution in [0.15, 0.2) is 46.7 Å². The van der Waals surface area contributed by atoms with E-state index in [1.54, 1.807) is 12.1 Å². The summed E-state index contributed by atoms with van der Waals surface area (Å²) in [4.78, 5) is 13.1. The first-order chi connectivity index (χ1) is 12.7. The summed E-state index contributed by atoms with van der Waals surface area (Å²) in [5.41, 5.74) is 1.07. The van der Waals surface area contributed by atoms with Gasteiger partial charge in [0.05, 0.1) is 12.6 Å². The van der Waals surface area contributed by atoms with E-state index in [0.29, 0.717) is 5.92 Å². The van der Waals surface area contributed by atoms with Crippen molar-refractivity contribution < 1.29 is 13.2 Å². The second-order valence-corrected chi connectivity index (χ2v) is 10.5. The van der Waals surface area contributed by atoms with E-state index in [1.807, 2.05) is 30.3 Å². The van der Waals surface area contributed by atoms with Crippen molar-refractivity contribution >= 4 is 27.4 Å². The van der Waals surface area contributed by atoms with Crippen molar-refractivity contribution in [2.75, 3.05) is 14.1 Å². The maximum Gasteiger partial charge on any atom is 0.315 e. The summed E-state index contributed by atoms with van der Waals surface area (Å²) in [6.45, 7) is 4.52. The van der Waals surface area contributed by atoms with Crippen molar-refractivity contribution in [3.05, 3.63) is 52.9 Å². The normalized spacial score (nSPS) is 13.0. The van der Waals surface area contributed by atoms with Gasteiger partial charge in [0, 0.05) is 19.0 Å². The minimum Gasteiger partial charge on any atom is -0.333 e. The van der Waals surface area contributed by atoms with Crippen molar-refractivity contribution in [2.45, 2.75) is 37.1 Å². The van der Waals surface area contributed by atoms with Gasteiger partial charge >= 0.3 is 6.03 Å². The third kappa shape index (κ3) is 6.05. The predicted octanol–water partition coefficient (Wildman–Crippen LogP) is 3.59. The summed E-state index contributed by atoms with van der Waals surface area (Å²) in [6, 6.07) is 12.8. The molecule has 1 heterocycles. The van der Waals surface area contributed by atoms with Crippen molar-refractivity contribution in [3.63, 3.8) is 0 Å². The molecule has 1 aromatic carbocycles. The van der Waals surface area contributed by atoms with Crippen LogP contribution in [-0.2, 0) is 16.6 Å². The standard InChI is InChI=1S/C19H27N3O3S2/c1-14(2)12-17(15-8-6-5-7-9-15)21-19(23)20-13-16-10-11-18(26-16)27(24,25)22(3)4/h5-11,14,17H,12-13H2,1-4H3,(H2,20,21,23)/t17-/m1/s1. The van der Waals surface area contributed by atoms with Gasteiger partial charge in [-0.1, -0.05) is 44.2 Å². The fourth-order valence-corrected chi connectivity index (χ4v) is 5.05. The average Bonchev–Trinajstić information content (AvgIpc) is 3.09. The summed E-state index contributed by atoms with van der Waals surface area (Å²) in [5, 5.41) is 5.84. The van der Waals surface area contributed by atoms with Gasteiger partial charge < -0.3 is 10.6 Å². The number of thiophene rings is 1. The first kappa shape index (κ1) is 21.4. The molecule has 27 heavy (non-hydrogen) atoms. The Hall–Kier alpha value is -1.90. The molecule has 8 heteroatoms. The quantitative estimate of drug-likeness (QED) is 0.699. The lowest BCUT2D eigenvalue weighted by Gasteiger charge is -2.21. The number of hydrogen-bond acceptors (Lipinski definition) is 4. The molecule has 0 saturated heterocycles. The van der Waals surface area contributed by atoms with E-state index in [0.717, 1.165) is 28.2 Å². The largest absolute Gasteiger partial charge is 0.333 e. The molecular weight excluding hydrogens is 382 g/mol. The monoisotopic (exact) mass is 409 g/mol. The van der Waals surface area contributed by atoms with Crippen LogP contribution in [0.4, 0.5) is 4.79 Å². The first-order valence-electron chi connectivity index (χ1n) is 8.80.